The molecule has 0 spiro atoms. The molecule has 0 heterocycles. The number of phenolic OH excluding ortho intramolecular Hbond substituents is 3. The molecule has 1 aromatic rings. The summed E-state index contributed by atoms with van der Waals surface area (Å²) in [6.07, 6.45) is 2.35. The predicted molar refractivity (Wildman–Crippen MR) is 52.5 cm³/mol. The molecule has 0 aliphatic rings. The van der Waals surface area contributed by atoms with E-state index in [1.807, 2.05) is 0 Å². The van der Waals surface area contributed by atoms with Gasteiger partial charge in [-0.1, -0.05) is 0 Å². The van der Waals surface area contributed by atoms with Crippen molar-refractivity contribution in [3.8, 4) is 17.2 Å². The second-order valence-electron chi connectivity index (χ2n) is 2.73. The van der Waals surface area contributed by atoms with E-state index in [0.29, 0.717) is 0 Å². The van der Waals surface area contributed by atoms with Crippen LogP contribution in [-0.2, 0) is 9.53 Å². The van der Waals surface area contributed by atoms with Gasteiger partial charge in [0.15, 0.2) is 11.5 Å². The largest absolute Gasteiger partial charge is 0.504 e. The van der Waals surface area contributed by atoms with Crippen LogP contribution in [0.15, 0.2) is 18.2 Å². The van der Waals surface area contributed by atoms with E-state index >= 15 is 0 Å². The Morgan fingerprint density at radius 2 is 1.93 bits per heavy atom. The summed E-state index contributed by atoms with van der Waals surface area (Å²) in [6, 6.07) is 2.55. The van der Waals surface area contributed by atoms with E-state index in [-0.39, 0.29) is 5.56 Å². The topological polar surface area (TPSA) is 87.0 Å². The molecule has 0 saturated heterocycles. The first-order valence-electron chi connectivity index (χ1n) is 4.06. The monoisotopic (exact) mass is 210 g/mol. The molecule has 3 N–H and O–H groups in total. The van der Waals surface area contributed by atoms with Gasteiger partial charge in [-0.15, -0.1) is 0 Å². The number of benzene rings is 1. The van der Waals surface area contributed by atoms with E-state index in [4.69, 9.17) is 10.2 Å². The summed E-state index contributed by atoms with van der Waals surface area (Å²) >= 11 is 0. The third-order valence-electron chi connectivity index (χ3n) is 1.76. The fourth-order valence-corrected chi connectivity index (χ4v) is 0.945. The molecule has 80 valence electrons. The van der Waals surface area contributed by atoms with Crippen LogP contribution in [0.1, 0.15) is 5.56 Å². The molecular formula is C10H10O5. The lowest BCUT2D eigenvalue weighted by molar-refractivity contribution is -0.134. The van der Waals surface area contributed by atoms with Gasteiger partial charge in [0, 0.05) is 11.6 Å². The van der Waals surface area contributed by atoms with Crippen molar-refractivity contribution in [1.29, 1.82) is 0 Å². The van der Waals surface area contributed by atoms with Crippen molar-refractivity contribution in [3.63, 3.8) is 0 Å². The summed E-state index contributed by atoms with van der Waals surface area (Å²) in [5.41, 5.74) is 0.204. The summed E-state index contributed by atoms with van der Waals surface area (Å²) in [5, 5.41) is 27.5. The molecule has 0 unspecified atom stereocenters. The molecule has 0 aliphatic heterocycles. The van der Waals surface area contributed by atoms with Gasteiger partial charge in [-0.25, -0.2) is 4.79 Å². The van der Waals surface area contributed by atoms with Gasteiger partial charge >= 0.3 is 5.97 Å². The number of methoxy groups -OCH3 is 1. The number of carbonyl (C=O) groups excluding carboxylic acids is 1. The molecule has 0 atom stereocenters. The fraction of sp³-hybridized carbons (Fsp3) is 0.100. The highest BCUT2D eigenvalue weighted by molar-refractivity contribution is 5.87. The highest BCUT2D eigenvalue weighted by Gasteiger charge is 2.08. The van der Waals surface area contributed by atoms with E-state index in [1.54, 1.807) is 0 Å². The molecule has 0 radical (unpaired) electrons. The molecule has 0 aliphatic carbocycles. The smallest absolute Gasteiger partial charge is 0.330 e. The van der Waals surface area contributed by atoms with Gasteiger partial charge in [-0.3, -0.25) is 0 Å². The SMILES string of the molecule is COC(=O)/C=C/c1ccc(O)c(O)c1O. The predicted octanol–water partition coefficient (Wildman–Crippen LogP) is 0.990. The normalized spacial score (nSPS) is 10.5. The summed E-state index contributed by atoms with van der Waals surface area (Å²) in [4.78, 5) is 10.7. The van der Waals surface area contributed by atoms with Gasteiger partial charge in [0.1, 0.15) is 0 Å². The molecule has 1 rings (SSSR count). The van der Waals surface area contributed by atoms with E-state index in [2.05, 4.69) is 4.74 Å². The minimum Gasteiger partial charge on any atom is -0.504 e. The Bertz CT molecular complexity index is 409. The Balaban J connectivity index is 3.02. The molecule has 0 bridgehead atoms. The number of ether oxygens (including phenoxy) is 1. The van der Waals surface area contributed by atoms with E-state index < -0.39 is 23.2 Å². The van der Waals surface area contributed by atoms with Gasteiger partial charge < -0.3 is 20.1 Å². The van der Waals surface area contributed by atoms with Crippen LogP contribution in [0.3, 0.4) is 0 Å². The molecule has 0 fully saturated rings. The van der Waals surface area contributed by atoms with Gasteiger partial charge in [0.05, 0.1) is 7.11 Å². The summed E-state index contributed by atoms with van der Waals surface area (Å²) in [7, 11) is 1.22. The van der Waals surface area contributed by atoms with Crippen molar-refractivity contribution in [2.24, 2.45) is 0 Å². The van der Waals surface area contributed by atoms with Crippen LogP contribution < -0.4 is 0 Å². The molecular weight excluding hydrogens is 200 g/mol. The maximum atomic E-state index is 10.7. The molecule has 5 nitrogen and oxygen atoms in total. The zero-order valence-electron chi connectivity index (χ0n) is 7.97. The molecule has 0 amide bonds. The summed E-state index contributed by atoms with van der Waals surface area (Å²) in [6.45, 7) is 0. The minimum absolute atomic E-state index is 0.204. The maximum Gasteiger partial charge on any atom is 0.330 e. The molecule has 0 aromatic heterocycles. The van der Waals surface area contributed by atoms with Crippen molar-refractivity contribution in [2.45, 2.75) is 0 Å². The van der Waals surface area contributed by atoms with Crippen molar-refractivity contribution in [1.82, 2.24) is 0 Å². The van der Waals surface area contributed by atoms with E-state index in [0.717, 1.165) is 6.08 Å². The second-order valence-corrected chi connectivity index (χ2v) is 2.73. The second kappa shape index (κ2) is 4.36. The Morgan fingerprint density at radius 1 is 1.27 bits per heavy atom. The lowest BCUT2D eigenvalue weighted by Gasteiger charge is -2.03. The first-order chi connectivity index (χ1) is 7.06. The van der Waals surface area contributed by atoms with Crippen LogP contribution in [0.25, 0.3) is 6.08 Å². The lowest BCUT2D eigenvalue weighted by Crippen LogP contribution is -1.93. The summed E-state index contributed by atoms with van der Waals surface area (Å²) < 4.78 is 4.35. The number of phenols is 3. The van der Waals surface area contributed by atoms with E-state index in [1.165, 1.54) is 25.3 Å². The number of aromatic hydroxyl groups is 3. The maximum absolute atomic E-state index is 10.7. The van der Waals surface area contributed by atoms with Gasteiger partial charge in [0.25, 0.3) is 0 Å². The van der Waals surface area contributed by atoms with Crippen LogP contribution in [0.5, 0.6) is 17.2 Å². The zero-order valence-corrected chi connectivity index (χ0v) is 7.97. The fourth-order valence-electron chi connectivity index (χ4n) is 0.945. The Morgan fingerprint density at radius 3 is 2.53 bits per heavy atom. The minimum atomic E-state index is -0.623. The average molecular weight is 210 g/mol. The highest BCUT2D eigenvalue weighted by atomic mass is 16.5. The van der Waals surface area contributed by atoms with Crippen molar-refractivity contribution >= 4 is 12.0 Å². The van der Waals surface area contributed by atoms with E-state index in [9.17, 15) is 9.90 Å². The van der Waals surface area contributed by atoms with Gasteiger partial charge in [-0.05, 0) is 18.2 Å². The third-order valence-corrected chi connectivity index (χ3v) is 1.76. The van der Waals surface area contributed by atoms with Gasteiger partial charge in [-0.2, -0.15) is 0 Å². The quantitative estimate of drug-likeness (QED) is 0.385. The van der Waals surface area contributed by atoms with Crippen LogP contribution in [0.2, 0.25) is 0 Å². The molecule has 15 heavy (non-hydrogen) atoms. The Kier molecular flexibility index (Phi) is 3.17. The zero-order chi connectivity index (χ0) is 11.4. The van der Waals surface area contributed by atoms with Crippen molar-refractivity contribution < 1.29 is 24.9 Å². The van der Waals surface area contributed by atoms with Crippen LogP contribution >= 0.6 is 0 Å². The summed E-state index contributed by atoms with van der Waals surface area (Å²) in [5.74, 6) is -2.12. The lowest BCUT2D eigenvalue weighted by atomic mass is 10.1. The highest BCUT2D eigenvalue weighted by Crippen LogP contribution is 2.37. The van der Waals surface area contributed by atoms with Crippen molar-refractivity contribution in [3.05, 3.63) is 23.8 Å². The van der Waals surface area contributed by atoms with Crippen molar-refractivity contribution in [2.75, 3.05) is 7.11 Å². The first kappa shape index (κ1) is 10.9. The Labute approximate surface area is 85.9 Å². The first-order valence-corrected chi connectivity index (χ1v) is 4.06. The Hall–Kier alpha value is -2.17. The molecule has 1 aromatic carbocycles. The van der Waals surface area contributed by atoms with Crippen LogP contribution in [0.4, 0.5) is 0 Å². The molecule has 0 saturated carbocycles. The van der Waals surface area contributed by atoms with Crippen LogP contribution in [0, 0.1) is 0 Å². The van der Waals surface area contributed by atoms with Gasteiger partial charge in [0.2, 0.25) is 5.75 Å². The third kappa shape index (κ3) is 2.40. The van der Waals surface area contributed by atoms with Crippen LogP contribution in [-0.4, -0.2) is 28.4 Å². The number of hydrogen-bond acceptors (Lipinski definition) is 5. The number of rotatable bonds is 2. The molecule has 5 heteroatoms. The number of hydrogen-bond donors (Lipinski definition) is 3. The standard InChI is InChI=1S/C10H10O5/c1-15-8(12)5-3-6-2-4-7(11)10(14)9(6)13/h2-5,11,13-14H,1H3/b5-3+. The number of carbonyl (C=O) groups is 1. The average Bonchev–Trinajstić information content (AvgIpc) is 2.24. The number of esters is 1.